The van der Waals surface area contributed by atoms with E-state index in [0.29, 0.717) is 0 Å². The Morgan fingerprint density at radius 2 is 0.941 bits per heavy atom. The molecule has 0 N–H and O–H groups in total. The summed E-state index contributed by atoms with van der Waals surface area (Å²) in [5.74, 6) is 0.730. The molecular weight excluding hydrogens is 412 g/mol. The first-order chi connectivity index (χ1) is 16.8. The zero-order chi connectivity index (χ0) is 22.7. The van der Waals surface area contributed by atoms with Crippen molar-refractivity contribution >= 4 is 10.8 Å². The first-order valence-electron chi connectivity index (χ1n) is 11.4. The average molecular weight is 435 g/mol. The summed E-state index contributed by atoms with van der Waals surface area (Å²) in [6.45, 7) is 0. The van der Waals surface area contributed by atoms with E-state index in [2.05, 4.69) is 109 Å². The number of benzene rings is 5. The molecular formula is C32H22N2. The Bertz CT molecular complexity index is 1570. The Kier molecular flexibility index (Phi) is 5.17. The predicted octanol–water partition coefficient (Wildman–Crippen LogP) is 8.30. The van der Waals surface area contributed by atoms with Crippen LogP contribution in [0.4, 0.5) is 0 Å². The zero-order valence-corrected chi connectivity index (χ0v) is 18.6. The molecule has 6 aromatic rings. The first kappa shape index (κ1) is 20.1. The van der Waals surface area contributed by atoms with E-state index in [0.717, 1.165) is 33.9 Å². The summed E-state index contributed by atoms with van der Waals surface area (Å²) in [7, 11) is 0. The Hall–Kier alpha value is -4.56. The molecule has 0 spiro atoms. The molecule has 2 heteroatoms. The normalized spacial score (nSPS) is 10.9. The van der Waals surface area contributed by atoms with Gasteiger partial charge < -0.3 is 0 Å². The molecule has 0 fully saturated rings. The number of fused-ring (bicyclic) bond motifs is 1. The molecule has 34 heavy (non-hydrogen) atoms. The van der Waals surface area contributed by atoms with Crippen molar-refractivity contribution in [3.63, 3.8) is 0 Å². The highest BCUT2D eigenvalue weighted by Crippen LogP contribution is 2.32. The van der Waals surface area contributed by atoms with E-state index in [9.17, 15) is 0 Å². The Balaban J connectivity index is 1.51. The number of hydrogen-bond donors (Lipinski definition) is 0. The van der Waals surface area contributed by atoms with E-state index < -0.39 is 0 Å². The topological polar surface area (TPSA) is 25.8 Å². The molecule has 0 aliphatic rings. The maximum atomic E-state index is 5.00. The van der Waals surface area contributed by atoms with Crippen molar-refractivity contribution in [3.8, 4) is 45.0 Å². The second-order valence-corrected chi connectivity index (χ2v) is 8.30. The van der Waals surface area contributed by atoms with Crippen LogP contribution < -0.4 is 0 Å². The molecule has 6 rings (SSSR count). The molecule has 0 bridgehead atoms. The third kappa shape index (κ3) is 3.87. The molecule has 0 unspecified atom stereocenters. The fourth-order valence-corrected chi connectivity index (χ4v) is 4.36. The number of hydrogen-bond acceptors (Lipinski definition) is 2. The van der Waals surface area contributed by atoms with Gasteiger partial charge in [0.2, 0.25) is 0 Å². The standard InChI is InChI=1S/C32H22N2/c1-3-10-23(11-4-1)24-18-20-26(21-19-24)30-22-31(34-32(33-30)27-13-5-2-6-14-27)29-17-9-15-25-12-7-8-16-28(25)29/h1-22H. The minimum Gasteiger partial charge on any atom is -0.228 e. The summed E-state index contributed by atoms with van der Waals surface area (Å²) in [6, 6.07) is 46.2. The van der Waals surface area contributed by atoms with Gasteiger partial charge in [0.1, 0.15) is 0 Å². The molecule has 1 heterocycles. The lowest BCUT2D eigenvalue weighted by Gasteiger charge is -2.11. The highest BCUT2D eigenvalue weighted by Gasteiger charge is 2.12. The summed E-state index contributed by atoms with van der Waals surface area (Å²) >= 11 is 0. The Labute approximate surface area is 199 Å². The molecule has 0 aliphatic heterocycles. The van der Waals surface area contributed by atoms with E-state index in [4.69, 9.17) is 9.97 Å². The zero-order valence-electron chi connectivity index (χ0n) is 18.6. The largest absolute Gasteiger partial charge is 0.228 e. The monoisotopic (exact) mass is 434 g/mol. The van der Waals surface area contributed by atoms with Gasteiger partial charge in [0.15, 0.2) is 5.82 Å². The van der Waals surface area contributed by atoms with Crippen molar-refractivity contribution in [3.05, 3.63) is 133 Å². The molecule has 2 nitrogen and oxygen atoms in total. The van der Waals surface area contributed by atoms with Crippen LogP contribution in [0.2, 0.25) is 0 Å². The van der Waals surface area contributed by atoms with E-state index in [-0.39, 0.29) is 0 Å². The third-order valence-corrected chi connectivity index (χ3v) is 6.11. The molecule has 160 valence electrons. The van der Waals surface area contributed by atoms with Gasteiger partial charge in [0.25, 0.3) is 0 Å². The smallest absolute Gasteiger partial charge is 0.160 e. The minimum absolute atomic E-state index is 0.730. The van der Waals surface area contributed by atoms with Gasteiger partial charge >= 0.3 is 0 Å². The summed E-state index contributed by atoms with van der Waals surface area (Å²) in [4.78, 5) is 9.97. The van der Waals surface area contributed by atoms with E-state index in [1.807, 2.05) is 24.3 Å². The lowest BCUT2D eigenvalue weighted by Crippen LogP contribution is -1.96. The quantitative estimate of drug-likeness (QED) is 0.279. The fourth-order valence-electron chi connectivity index (χ4n) is 4.36. The van der Waals surface area contributed by atoms with E-state index in [1.54, 1.807) is 0 Å². The fraction of sp³-hybridized carbons (Fsp3) is 0. The minimum atomic E-state index is 0.730. The summed E-state index contributed by atoms with van der Waals surface area (Å²) in [5.41, 5.74) is 7.42. The Morgan fingerprint density at radius 3 is 1.71 bits per heavy atom. The summed E-state index contributed by atoms with van der Waals surface area (Å²) in [5, 5.41) is 2.39. The van der Waals surface area contributed by atoms with E-state index in [1.165, 1.54) is 21.9 Å². The Morgan fingerprint density at radius 1 is 0.382 bits per heavy atom. The van der Waals surface area contributed by atoms with Crippen LogP contribution in [0.1, 0.15) is 0 Å². The second kappa shape index (κ2) is 8.76. The number of aromatic nitrogens is 2. The van der Waals surface area contributed by atoms with Crippen LogP contribution in [0, 0.1) is 0 Å². The van der Waals surface area contributed by atoms with Gasteiger partial charge in [-0.2, -0.15) is 0 Å². The molecule has 0 amide bonds. The van der Waals surface area contributed by atoms with Crippen LogP contribution in [0.3, 0.4) is 0 Å². The maximum absolute atomic E-state index is 5.00. The molecule has 0 atom stereocenters. The molecule has 0 radical (unpaired) electrons. The van der Waals surface area contributed by atoms with Crippen LogP contribution in [0.5, 0.6) is 0 Å². The molecule has 0 aliphatic carbocycles. The number of rotatable bonds is 4. The second-order valence-electron chi connectivity index (χ2n) is 8.30. The van der Waals surface area contributed by atoms with Crippen molar-refractivity contribution in [1.82, 2.24) is 9.97 Å². The van der Waals surface area contributed by atoms with Gasteiger partial charge in [-0.3, -0.25) is 0 Å². The summed E-state index contributed by atoms with van der Waals surface area (Å²) < 4.78 is 0. The lowest BCUT2D eigenvalue weighted by atomic mass is 9.99. The van der Waals surface area contributed by atoms with Crippen molar-refractivity contribution in [2.24, 2.45) is 0 Å². The van der Waals surface area contributed by atoms with Gasteiger partial charge in [-0.25, -0.2) is 9.97 Å². The van der Waals surface area contributed by atoms with Crippen LogP contribution >= 0.6 is 0 Å². The highest BCUT2D eigenvalue weighted by atomic mass is 14.9. The molecule has 5 aromatic carbocycles. The van der Waals surface area contributed by atoms with Crippen LogP contribution in [-0.2, 0) is 0 Å². The van der Waals surface area contributed by atoms with Crippen LogP contribution in [-0.4, -0.2) is 9.97 Å². The predicted molar refractivity (Wildman–Crippen MR) is 141 cm³/mol. The van der Waals surface area contributed by atoms with Gasteiger partial charge in [0, 0.05) is 16.7 Å². The van der Waals surface area contributed by atoms with Crippen molar-refractivity contribution in [2.45, 2.75) is 0 Å². The van der Waals surface area contributed by atoms with Crippen molar-refractivity contribution in [1.29, 1.82) is 0 Å². The molecule has 0 saturated carbocycles. The van der Waals surface area contributed by atoms with Crippen LogP contribution in [0.15, 0.2) is 133 Å². The van der Waals surface area contributed by atoms with Gasteiger partial charge in [-0.1, -0.05) is 127 Å². The lowest BCUT2D eigenvalue weighted by molar-refractivity contribution is 1.18. The van der Waals surface area contributed by atoms with Crippen molar-refractivity contribution < 1.29 is 0 Å². The molecule has 0 saturated heterocycles. The highest BCUT2D eigenvalue weighted by molar-refractivity contribution is 5.96. The maximum Gasteiger partial charge on any atom is 0.160 e. The SMILES string of the molecule is c1ccc(-c2ccc(-c3cc(-c4cccc5ccccc45)nc(-c4ccccc4)n3)cc2)cc1. The van der Waals surface area contributed by atoms with Crippen LogP contribution in [0.25, 0.3) is 55.8 Å². The third-order valence-electron chi connectivity index (χ3n) is 6.11. The van der Waals surface area contributed by atoms with Gasteiger partial charge in [-0.05, 0) is 28.0 Å². The van der Waals surface area contributed by atoms with E-state index >= 15 is 0 Å². The van der Waals surface area contributed by atoms with Gasteiger partial charge in [-0.15, -0.1) is 0 Å². The first-order valence-corrected chi connectivity index (χ1v) is 11.4. The molecule has 1 aromatic heterocycles. The number of nitrogens with zero attached hydrogens (tertiary/aromatic N) is 2. The average Bonchev–Trinajstić information content (AvgIpc) is 2.93. The summed E-state index contributed by atoms with van der Waals surface area (Å²) in [6.07, 6.45) is 0. The van der Waals surface area contributed by atoms with Crippen molar-refractivity contribution in [2.75, 3.05) is 0 Å². The van der Waals surface area contributed by atoms with Gasteiger partial charge in [0.05, 0.1) is 11.4 Å².